The third-order valence-corrected chi connectivity index (χ3v) is 15.7. The lowest BCUT2D eigenvalue weighted by Gasteiger charge is -2.52. The second-order valence-electron chi connectivity index (χ2n) is 21.8. The zero-order valence-corrected chi connectivity index (χ0v) is 47.1. The summed E-state index contributed by atoms with van der Waals surface area (Å²) in [6.45, 7) is -6.75. The van der Waals surface area contributed by atoms with E-state index in [1.165, 1.54) is 0 Å². The van der Waals surface area contributed by atoms with Gasteiger partial charge in [-0.1, -0.05) is 0 Å². The van der Waals surface area contributed by atoms with Crippen molar-refractivity contribution in [2.45, 2.75) is 222 Å². The Balaban J connectivity index is 1.30. The van der Waals surface area contributed by atoms with Crippen LogP contribution in [0, 0.1) is 0 Å². The van der Waals surface area contributed by atoms with E-state index in [0.717, 1.165) is 13.8 Å². The molecule has 0 bridgehead atoms. The van der Waals surface area contributed by atoms with Crippen molar-refractivity contribution in [3.05, 3.63) is 0 Å². The van der Waals surface area contributed by atoms with Crippen LogP contribution in [0.4, 0.5) is 0 Å². The van der Waals surface area contributed by atoms with Crippen molar-refractivity contribution in [1.82, 2.24) is 16.0 Å². The average Bonchev–Trinajstić information content (AvgIpc) is 0.854. The molecule has 0 radical (unpaired) electrons. The minimum Gasteiger partial charge on any atom is -0.477 e. The monoisotopic (exact) mass is 1310 g/mol. The van der Waals surface area contributed by atoms with Crippen molar-refractivity contribution in [3.63, 3.8) is 0 Å². The van der Waals surface area contributed by atoms with Crippen LogP contribution in [0.2, 0.25) is 0 Å². The predicted octanol–water partition coefficient (Wildman–Crippen LogP) is -16.3. The first-order chi connectivity index (χ1) is 41.8. The number of hydrogen-bond acceptors (Lipinski definition) is 36. The van der Waals surface area contributed by atoms with Crippen LogP contribution < -0.4 is 16.0 Å². The van der Waals surface area contributed by atoms with Crippen LogP contribution in [0.3, 0.4) is 0 Å². The fourth-order valence-electron chi connectivity index (χ4n) is 11.1. The molecule has 0 aromatic rings. The number of carboxylic acid groups (broad SMARTS) is 2. The highest BCUT2D eigenvalue weighted by Crippen LogP contribution is 2.41. The van der Waals surface area contributed by atoms with Gasteiger partial charge in [-0.2, -0.15) is 0 Å². The Morgan fingerprint density at radius 3 is 1.44 bits per heavy atom. The Labute approximate surface area is 501 Å². The lowest BCUT2D eigenvalue weighted by Crippen LogP contribution is -2.72. The summed E-state index contributed by atoms with van der Waals surface area (Å²) < 4.78 is 62.2. The molecule has 6 saturated heterocycles. The van der Waals surface area contributed by atoms with Crippen molar-refractivity contribution >= 4 is 29.7 Å². The summed E-state index contributed by atoms with van der Waals surface area (Å²) in [4.78, 5) is 64.3. The molecule has 32 atom stereocenters. The molecule has 25 N–H and O–H groups in total. The van der Waals surface area contributed by atoms with E-state index < -0.39 is 284 Å². The maximum absolute atomic E-state index is 13.6. The highest BCUT2D eigenvalue weighted by molar-refractivity contribution is 5.78. The molecule has 6 aliphatic rings. The van der Waals surface area contributed by atoms with E-state index in [1.54, 1.807) is 0 Å². The van der Waals surface area contributed by atoms with Gasteiger partial charge in [0.2, 0.25) is 17.7 Å². The molecule has 0 aliphatic carbocycles. The predicted molar refractivity (Wildman–Crippen MR) is 270 cm³/mol. The number of aliphatic carboxylic acids is 2. The zero-order chi connectivity index (χ0) is 66.5. The molecular weight excluding hydrogens is 1230 g/mol. The highest BCUT2D eigenvalue weighted by Gasteiger charge is 2.63. The molecule has 41 nitrogen and oxygen atoms in total. The molecule has 514 valence electrons. The topological polar surface area (TPSA) is 668 Å². The molecule has 6 fully saturated rings. The van der Waals surface area contributed by atoms with E-state index in [2.05, 4.69) is 10.6 Å². The Hall–Kier alpha value is -3.89. The van der Waals surface area contributed by atoms with Gasteiger partial charge >= 0.3 is 11.9 Å². The number of hydrogen-bond donors (Lipinski definition) is 25. The van der Waals surface area contributed by atoms with Gasteiger partial charge in [0, 0.05) is 26.7 Å². The van der Waals surface area contributed by atoms with Crippen LogP contribution in [-0.4, -0.2) is 384 Å². The lowest BCUT2D eigenvalue weighted by molar-refractivity contribution is -0.389. The van der Waals surface area contributed by atoms with Crippen molar-refractivity contribution in [2.24, 2.45) is 0 Å². The van der Waals surface area contributed by atoms with Crippen molar-refractivity contribution in [3.8, 4) is 0 Å². The van der Waals surface area contributed by atoms with E-state index in [-0.39, 0.29) is 0 Å². The Morgan fingerprint density at radius 2 is 0.921 bits per heavy atom. The van der Waals surface area contributed by atoms with Crippen molar-refractivity contribution in [1.29, 1.82) is 0 Å². The highest BCUT2D eigenvalue weighted by atomic mass is 16.8. The molecule has 0 aromatic heterocycles. The molecule has 6 heterocycles. The van der Waals surface area contributed by atoms with Crippen LogP contribution in [0.1, 0.15) is 26.7 Å². The van der Waals surface area contributed by atoms with Crippen molar-refractivity contribution in [2.75, 3.05) is 46.2 Å². The third kappa shape index (κ3) is 16.0. The number of nitrogens with one attached hydrogen (secondary N) is 3. The number of aliphatic hydroxyl groups excluding tert-OH is 20. The summed E-state index contributed by atoms with van der Waals surface area (Å²) in [7, 11) is 0. The van der Waals surface area contributed by atoms with Crippen LogP contribution in [0.25, 0.3) is 0 Å². The number of aliphatic hydroxyl groups is 20. The first-order valence-electron chi connectivity index (χ1n) is 27.5. The summed E-state index contributed by atoms with van der Waals surface area (Å²) >= 11 is 0. The van der Waals surface area contributed by atoms with Gasteiger partial charge in [-0.3, -0.25) is 14.4 Å². The standard InChI is InChI=1S/C48H79N3O38/c1-12(59)49-23-14(61)3-47(45(75)76,87-38(23)26(65)16(63)5-52)86-19(8-55)29(68)39-24(51-22(64)11-58)15(62)4-48(88-39,46(77)78)89-40-28(67)18(7-54)81-44(34(40)73)85-37-25(50-13(2)60)42(80-17(6-53)27(37)66)83-36-21(10-57)82-43(33(72)31(36)70)84-35-20(9-56)79-41(74)32(71)30(35)69/h14-21,23-44,52-58,61-63,65-74H,3-11H2,1-2H3,(H,49,59)(H,50,60)(H,51,64)(H,75,76)(H,77,78)/t14-,15-,16+,17+,18+,19+,20+,21+,23+,24+,25+,26+,27-,28-,29+,30+,31-,32+,33+,34+,35+,36-,37+,38+,39+,40-,41+,42-,43-,44-,47+,48-/m0/s1. The van der Waals surface area contributed by atoms with Gasteiger partial charge in [0.05, 0.1) is 63.9 Å². The van der Waals surface area contributed by atoms with Crippen LogP contribution in [0.5, 0.6) is 0 Å². The maximum Gasteiger partial charge on any atom is 0.364 e. The largest absolute Gasteiger partial charge is 0.477 e. The van der Waals surface area contributed by atoms with Gasteiger partial charge in [0.1, 0.15) is 141 Å². The summed E-state index contributed by atoms with van der Waals surface area (Å²) in [6.07, 6.45) is -61.7. The molecule has 6 aliphatic heterocycles. The van der Waals surface area contributed by atoms with Gasteiger partial charge in [0.25, 0.3) is 11.6 Å². The number of rotatable bonds is 26. The summed E-state index contributed by atoms with van der Waals surface area (Å²) in [5.41, 5.74) is 0. The van der Waals surface area contributed by atoms with Gasteiger partial charge < -0.3 is 180 Å². The zero-order valence-electron chi connectivity index (χ0n) is 47.1. The first-order valence-corrected chi connectivity index (χ1v) is 27.5. The molecule has 0 spiro atoms. The number of carboxylic acids is 2. The molecule has 3 amide bonds. The normalized spacial score (nSPS) is 44.2. The van der Waals surface area contributed by atoms with E-state index in [4.69, 9.17) is 52.1 Å². The minimum absolute atomic E-state index is 0.895. The fraction of sp³-hybridized carbons (Fsp3) is 0.896. The second-order valence-corrected chi connectivity index (χ2v) is 21.8. The van der Waals surface area contributed by atoms with Crippen LogP contribution in [0.15, 0.2) is 0 Å². The number of carbonyl (C=O) groups is 5. The average molecular weight is 1310 g/mol. The van der Waals surface area contributed by atoms with Gasteiger partial charge in [-0.25, -0.2) is 9.59 Å². The smallest absolute Gasteiger partial charge is 0.364 e. The van der Waals surface area contributed by atoms with Crippen LogP contribution >= 0.6 is 0 Å². The SMILES string of the molecule is CC(=O)N[C@H]1[C@H](O[C@@H]2[C@@H](O)[C@@H](O)[C@H](O[C@H]3[C@H](O)[C@@H](O)[C@H](O)O[C@@H]3CO)O[C@@H]2CO)O[C@H](CO)[C@H](O)[C@@H]1O[C@@H]1O[C@H](CO)[C@H](O)[C@H](O[C@]2(C(=O)O)C[C@H](O)[C@@H](NC(=O)CO)[C@H]([C@H](O)[C@@H](CO)O[C@]3(C(=O)O)C[C@H](O)[C@@H](NC(C)=O)[C@H]([C@H](O)[C@H](O)CO)O3)O2)[C@H]1O. The Kier molecular flexibility index (Phi) is 26.1. The molecule has 0 aromatic carbocycles. The summed E-state index contributed by atoms with van der Waals surface area (Å²) in [6, 6.07) is -5.87. The third-order valence-electron chi connectivity index (χ3n) is 15.7. The van der Waals surface area contributed by atoms with E-state index in [1.807, 2.05) is 5.32 Å². The van der Waals surface area contributed by atoms with E-state index in [0.29, 0.717) is 0 Å². The number of carbonyl (C=O) groups excluding carboxylic acids is 3. The number of amides is 3. The minimum atomic E-state index is -3.56. The Morgan fingerprint density at radius 1 is 0.483 bits per heavy atom. The van der Waals surface area contributed by atoms with Crippen LogP contribution in [-0.2, 0) is 76.1 Å². The van der Waals surface area contributed by atoms with Crippen molar-refractivity contribution < 1.29 is 188 Å². The summed E-state index contributed by atoms with van der Waals surface area (Å²) in [5, 5.41) is 244. The molecule has 0 saturated carbocycles. The molecule has 6 rings (SSSR count). The van der Waals surface area contributed by atoms with E-state index in [9.17, 15) is 136 Å². The second kappa shape index (κ2) is 31.4. The molecule has 0 unspecified atom stereocenters. The quantitative estimate of drug-likeness (QED) is 0.0382. The lowest BCUT2D eigenvalue weighted by atomic mass is 9.87. The molecule has 41 heteroatoms. The fourth-order valence-corrected chi connectivity index (χ4v) is 11.1. The Bertz CT molecular complexity index is 2340. The van der Waals surface area contributed by atoms with E-state index >= 15 is 0 Å². The maximum atomic E-state index is 13.6. The first kappa shape index (κ1) is 74.2. The molecule has 89 heavy (non-hydrogen) atoms. The van der Waals surface area contributed by atoms with Gasteiger partial charge in [-0.05, 0) is 0 Å². The van der Waals surface area contributed by atoms with Gasteiger partial charge in [0.15, 0.2) is 25.2 Å². The molecular formula is C48H79N3O38. The van der Waals surface area contributed by atoms with Gasteiger partial charge in [-0.15, -0.1) is 0 Å². The summed E-state index contributed by atoms with van der Waals surface area (Å²) in [5.74, 6) is -14.7. The number of ether oxygens (including phenoxy) is 11.